The van der Waals surface area contributed by atoms with Crippen LogP contribution in [0.2, 0.25) is 5.02 Å². The summed E-state index contributed by atoms with van der Waals surface area (Å²) < 4.78 is 60.1. The van der Waals surface area contributed by atoms with E-state index in [-0.39, 0.29) is 32.1 Å². The third-order valence-electron chi connectivity index (χ3n) is 4.92. The summed E-state index contributed by atoms with van der Waals surface area (Å²) in [4.78, 5) is 14.3. The molecule has 0 saturated carbocycles. The second kappa shape index (κ2) is 10.3. The van der Waals surface area contributed by atoms with Gasteiger partial charge in [0.05, 0.1) is 21.2 Å². The molecule has 1 amide bonds. The van der Waals surface area contributed by atoms with Gasteiger partial charge in [-0.25, -0.2) is 4.39 Å². The fraction of sp³-hybridized carbons (Fsp3) is 0.0833. The molecule has 0 bridgehead atoms. The van der Waals surface area contributed by atoms with Crippen molar-refractivity contribution in [2.75, 3.05) is 4.90 Å². The fourth-order valence-electron chi connectivity index (χ4n) is 3.24. The van der Waals surface area contributed by atoms with Gasteiger partial charge in [0.15, 0.2) is 4.32 Å². The van der Waals surface area contributed by atoms with E-state index in [1.165, 1.54) is 30.3 Å². The number of anilines is 1. The molecule has 3 aromatic rings. The molecule has 0 radical (unpaired) electrons. The van der Waals surface area contributed by atoms with Gasteiger partial charge in [-0.15, -0.1) is 0 Å². The first-order valence-electron chi connectivity index (χ1n) is 9.85. The maximum atomic E-state index is 14.1. The Kier molecular flexibility index (Phi) is 7.56. The maximum Gasteiger partial charge on any atom is 0.416 e. The first kappa shape index (κ1) is 25.7. The van der Waals surface area contributed by atoms with Gasteiger partial charge in [-0.3, -0.25) is 9.69 Å². The van der Waals surface area contributed by atoms with Crippen molar-refractivity contribution in [3.63, 3.8) is 0 Å². The Morgan fingerprint density at radius 3 is 2.57 bits per heavy atom. The lowest BCUT2D eigenvalue weighted by Gasteiger charge is -2.16. The first-order valence-corrected chi connectivity index (χ1v) is 12.2. The van der Waals surface area contributed by atoms with Crippen LogP contribution in [0, 0.1) is 5.82 Å². The molecule has 11 heteroatoms. The zero-order chi connectivity index (χ0) is 25.3. The predicted octanol–water partition coefficient (Wildman–Crippen LogP) is 8.25. The van der Waals surface area contributed by atoms with Crippen LogP contribution >= 0.6 is 51.5 Å². The zero-order valence-corrected chi connectivity index (χ0v) is 21.4. The lowest BCUT2D eigenvalue weighted by molar-refractivity contribution is -0.137. The average molecular weight is 603 g/mol. The topological polar surface area (TPSA) is 29.5 Å². The van der Waals surface area contributed by atoms with Gasteiger partial charge in [-0.1, -0.05) is 63.6 Å². The molecule has 0 spiro atoms. The number of amides is 1. The highest BCUT2D eigenvalue weighted by molar-refractivity contribution is 9.10. The third kappa shape index (κ3) is 5.72. The number of carbonyl (C=O) groups is 1. The van der Waals surface area contributed by atoms with E-state index >= 15 is 0 Å². The van der Waals surface area contributed by atoms with E-state index in [1.54, 1.807) is 24.3 Å². The Morgan fingerprint density at radius 1 is 1.11 bits per heavy atom. The molecular weight excluding hydrogens is 590 g/mol. The Hall–Kier alpha value is -2.40. The predicted molar refractivity (Wildman–Crippen MR) is 137 cm³/mol. The number of nitrogens with zero attached hydrogens (tertiary/aromatic N) is 1. The van der Waals surface area contributed by atoms with Gasteiger partial charge in [0.25, 0.3) is 5.91 Å². The molecule has 3 aromatic carbocycles. The normalized spacial score (nSPS) is 15.3. The van der Waals surface area contributed by atoms with Crippen molar-refractivity contribution in [1.82, 2.24) is 0 Å². The van der Waals surface area contributed by atoms with Crippen LogP contribution in [0.25, 0.3) is 6.08 Å². The molecule has 0 aromatic heterocycles. The largest absolute Gasteiger partial charge is 0.488 e. The number of hydrogen-bond donors (Lipinski definition) is 0. The van der Waals surface area contributed by atoms with E-state index in [0.717, 1.165) is 28.8 Å². The summed E-state index contributed by atoms with van der Waals surface area (Å²) in [5, 5.41) is 0.214. The minimum absolute atomic E-state index is 0.0191. The van der Waals surface area contributed by atoms with Crippen LogP contribution in [-0.2, 0) is 17.6 Å². The molecule has 4 rings (SSSR count). The molecule has 1 aliphatic rings. The minimum atomic E-state index is -4.56. The van der Waals surface area contributed by atoms with E-state index in [1.807, 2.05) is 0 Å². The molecule has 0 N–H and O–H groups in total. The van der Waals surface area contributed by atoms with Crippen LogP contribution in [0.15, 0.2) is 70.0 Å². The summed E-state index contributed by atoms with van der Waals surface area (Å²) in [6, 6.07) is 13.7. The Balaban J connectivity index is 1.63. The second-order valence-electron chi connectivity index (χ2n) is 7.24. The highest BCUT2D eigenvalue weighted by atomic mass is 79.9. The molecule has 1 saturated heterocycles. The van der Waals surface area contributed by atoms with Crippen molar-refractivity contribution in [1.29, 1.82) is 0 Å². The zero-order valence-electron chi connectivity index (χ0n) is 17.4. The molecule has 1 heterocycles. The number of benzene rings is 3. The van der Waals surface area contributed by atoms with Gasteiger partial charge < -0.3 is 4.74 Å². The van der Waals surface area contributed by atoms with Crippen molar-refractivity contribution in [2.45, 2.75) is 12.8 Å². The highest BCUT2D eigenvalue weighted by Gasteiger charge is 2.36. The summed E-state index contributed by atoms with van der Waals surface area (Å²) in [6.45, 7) is -0.154. The Morgan fingerprint density at radius 2 is 1.86 bits per heavy atom. The van der Waals surface area contributed by atoms with Crippen molar-refractivity contribution < 1.29 is 27.1 Å². The molecule has 1 fully saturated rings. The quantitative estimate of drug-likeness (QED) is 0.167. The number of thiocarbonyl (C=S) groups is 1. The average Bonchev–Trinajstić information content (AvgIpc) is 3.07. The summed E-state index contributed by atoms with van der Waals surface area (Å²) in [6.07, 6.45) is -3.04. The molecule has 180 valence electrons. The van der Waals surface area contributed by atoms with Crippen molar-refractivity contribution in [3.05, 3.63) is 97.6 Å². The van der Waals surface area contributed by atoms with Crippen molar-refractivity contribution >= 4 is 73.5 Å². The third-order valence-corrected chi connectivity index (χ3v) is 7.07. The monoisotopic (exact) mass is 601 g/mol. The number of thioether (sulfide) groups is 1. The Labute approximate surface area is 220 Å². The van der Waals surface area contributed by atoms with E-state index in [2.05, 4.69) is 15.9 Å². The highest BCUT2D eigenvalue weighted by Crippen LogP contribution is 2.39. The van der Waals surface area contributed by atoms with Crippen LogP contribution < -0.4 is 9.64 Å². The molecule has 35 heavy (non-hydrogen) atoms. The van der Waals surface area contributed by atoms with E-state index < -0.39 is 23.5 Å². The maximum absolute atomic E-state index is 14.1. The van der Waals surface area contributed by atoms with Gasteiger partial charge in [0, 0.05) is 15.6 Å². The summed E-state index contributed by atoms with van der Waals surface area (Å²) in [5.74, 6) is -0.739. The van der Waals surface area contributed by atoms with Crippen molar-refractivity contribution in [3.8, 4) is 5.75 Å². The lowest BCUT2D eigenvalue weighted by Crippen LogP contribution is -2.27. The van der Waals surface area contributed by atoms with Gasteiger partial charge in [0.2, 0.25) is 0 Å². The smallest absolute Gasteiger partial charge is 0.416 e. The Bertz CT molecular complexity index is 1340. The van der Waals surface area contributed by atoms with E-state index in [0.29, 0.717) is 15.8 Å². The number of rotatable bonds is 5. The summed E-state index contributed by atoms with van der Waals surface area (Å²) >= 11 is 15.7. The molecule has 0 aliphatic carbocycles. The number of carbonyl (C=O) groups excluding carboxylic acids is 1. The van der Waals surface area contributed by atoms with Crippen LogP contribution in [0.5, 0.6) is 5.75 Å². The van der Waals surface area contributed by atoms with Crippen LogP contribution in [0.1, 0.15) is 16.7 Å². The molecule has 0 unspecified atom stereocenters. The molecule has 3 nitrogen and oxygen atoms in total. The lowest BCUT2D eigenvalue weighted by atomic mass is 10.1. The summed E-state index contributed by atoms with van der Waals surface area (Å²) in [5.41, 5.74) is -0.205. The van der Waals surface area contributed by atoms with Crippen LogP contribution in [0.4, 0.5) is 23.2 Å². The number of ether oxygens (including phenoxy) is 1. The molecule has 0 atom stereocenters. The standard InChI is InChI=1S/C24H13BrClF4NO2S2/c25-15-7-8-20(33-12-17-18(26)5-2-6-19(17)27)13(9-15)10-21-22(32)31(23(34)35-21)16-4-1-3-14(11-16)24(28,29)30/h1-11H,12H2/b21-10+. The first-order chi connectivity index (χ1) is 16.5. The minimum Gasteiger partial charge on any atom is -0.488 e. The number of alkyl halides is 3. The molecular formula is C24H13BrClF4NO2S2. The fourth-order valence-corrected chi connectivity index (χ4v) is 5.12. The van der Waals surface area contributed by atoms with Crippen molar-refractivity contribution in [2.24, 2.45) is 0 Å². The van der Waals surface area contributed by atoms with Gasteiger partial charge in [-0.05, 0) is 54.6 Å². The van der Waals surface area contributed by atoms with Gasteiger partial charge >= 0.3 is 6.18 Å². The second-order valence-corrected chi connectivity index (χ2v) is 10.2. The van der Waals surface area contributed by atoms with Gasteiger partial charge in [0.1, 0.15) is 18.2 Å². The van der Waals surface area contributed by atoms with Gasteiger partial charge in [-0.2, -0.15) is 13.2 Å². The SMILES string of the molecule is O=C1/C(=C\c2cc(Br)ccc2OCc2c(F)cccc2Cl)SC(=S)N1c1cccc(C(F)(F)F)c1. The van der Waals surface area contributed by atoms with E-state index in [9.17, 15) is 22.4 Å². The van der Waals surface area contributed by atoms with Crippen LogP contribution in [-0.4, -0.2) is 10.2 Å². The van der Waals surface area contributed by atoms with Crippen LogP contribution in [0.3, 0.4) is 0 Å². The van der Waals surface area contributed by atoms with E-state index in [4.69, 9.17) is 28.6 Å². The molecule has 1 aliphatic heterocycles. The number of hydrogen-bond acceptors (Lipinski definition) is 4. The number of halogens is 6. The summed E-state index contributed by atoms with van der Waals surface area (Å²) in [7, 11) is 0.